The molecule has 1 fully saturated rings. The van der Waals surface area contributed by atoms with Gasteiger partial charge in [0, 0.05) is 60.7 Å². The summed E-state index contributed by atoms with van der Waals surface area (Å²) in [7, 11) is -0.168. The summed E-state index contributed by atoms with van der Waals surface area (Å²) in [6.45, 7) is 5.51. The Morgan fingerprint density at radius 3 is 2.56 bits per heavy atom. The number of amides is 2. The number of Topliss-reactive ketones (excluding diaryl/α,β-unsaturated/α-hetero) is 1. The number of likely N-dealkylation sites (N-methyl/N-ethyl adjacent to an activating group) is 1. The van der Waals surface area contributed by atoms with Crippen molar-refractivity contribution >= 4 is 45.0 Å². The van der Waals surface area contributed by atoms with Crippen LogP contribution < -0.4 is 20.1 Å². The van der Waals surface area contributed by atoms with E-state index >= 15 is 4.39 Å². The van der Waals surface area contributed by atoms with E-state index in [4.69, 9.17) is 32.7 Å². The quantitative estimate of drug-likeness (QED) is 0.155. The monoisotopic (exact) mass is 757 g/mol. The number of sulfonamides is 1. The number of fused-ring (bicyclic) bond motifs is 1. The number of carbonyl (C=O) groups is 2. The van der Waals surface area contributed by atoms with Gasteiger partial charge in [0.1, 0.15) is 11.9 Å². The van der Waals surface area contributed by atoms with Gasteiger partial charge in [-0.05, 0) is 88.6 Å². The van der Waals surface area contributed by atoms with E-state index in [1.54, 1.807) is 12.1 Å². The first kappa shape index (κ1) is 40.3. The van der Waals surface area contributed by atoms with Gasteiger partial charge in [0.2, 0.25) is 10.0 Å². The molecule has 15 heteroatoms. The predicted molar refractivity (Wildman–Crippen MR) is 193 cm³/mol. The van der Waals surface area contributed by atoms with Gasteiger partial charge >= 0.3 is 6.03 Å². The van der Waals surface area contributed by atoms with Crippen molar-refractivity contribution in [2.75, 3.05) is 60.0 Å². The summed E-state index contributed by atoms with van der Waals surface area (Å²) < 4.78 is 56.2. The van der Waals surface area contributed by atoms with Gasteiger partial charge in [-0.1, -0.05) is 36.5 Å². The van der Waals surface area contributed by atoms with Crippen molar-refractivity contribution in [3.05, 3.63) is 57.3 Å². The summed E-state index contributed by atoms with van der Waals surface area (Å²) in [5.41, 5.74) is 1.68. The molecule has 50 heavy (non-hydrogen) atoms. The molecule has 2 aromatic carbocycles. The van der Waals surface area contributed by atoms with Crippen LogP contribution in [0.1, 0.15) is 69.1 Å². The summed E-state index contributed by atoms with van der Waals surface area (Å²) in [5.74, 6) is -0.537. The van der Waals surface area contributed by atoms with Gasteiger partial charge in [0.05, 0.1) is 24.2 Å². The zero-order valence-corrected chi connectivity index (χ0v) is 31.4. The number of ether oxygens (including phenoxy) is 2. The number of nitrogens with one attached hydrogen (secondary N) is 3. The maximum absolute atomic E-state index is 15.3. The Kier molecular flexibility index (Phi) is 15.6. The first-order valence-corrected chi connectivity index (χ1v) is 19.6. The number of urea groups is 1. The molecule has 1 aliphatic carbocycles. The smallest absolute Gasteiger partial charge is 0.314 e. The molecule has 4 rings (SSSR count). The first-order chi connectivity index (χ1) is 23.9. The Hall–Kier alpha value is -2.52. The number of carbonyl (C=O) groups excluding carboxylic acids is 2. The number of rotatable bonds is 20. The van der Waals surface area contributed by atoms with E-state index < -0.39 is 21.9 Å². The molecule has 0 bridgehead atoms. The van der Waals surface area contributed by atoms with Gasteiger partial charge in [-0.3, -0.25) is 9.69 Å². The minimum Gasteiger partial charge on any atom is -0.481 e. The topological polar surface area (TPSA) is 129 Å². The van der Waals surface area contributed by atoms with Crippen LogP contribution in [0.15, 0.2) is 35.2 Å². The molecule has 1 saturated heterocycles. The zero-order valence-electron chi connectivity index (χ0n) is 29.1. The van der Waals surface area contributed by atoms with Gasteiger partial charge in [0.25, 0.3) is 0 Å². The fraction of sp³-hybridized carbons (Fsp3) is 0.600. The average Bonchev–Trinajstić information content (AvgIpc) is 3.65. The molecular weight excluding hydrogens is 708 g/mol. The summed E-state index contributed by atoms with van der Waals surface area (Å²) in [6, 6.07) is 6.43. The van der Waals surface area contributed by atoms with E-state index in [0.29, 0.717) is 87.4 Å². The molecule has 0 saturated carbocycles. The minimum atomic E-state index is -3.98. The molecule has 1 heterocycles. The lowest BCUT2D eigenvalue weighted by molar-refractivity contribution is -0.119. The Bertz CT molecular complexity index is 1570. The normalized spacial score (nSPS) is 19.1. The summed E-state index contributed by atoms with van der Waals surface area (Å²) in [6.07, 6.45) is 5.39. The van der Waals surface area contributed by atoms with Crippen molar-refractivity contribution in [1.29, 1.82) is 0 Å². The van der Waals surface area contributed by atoms with Gasteiger partial charge in [-0.25, -0.2) is 22.3 Å². The molecule has 1 aliphatic heterocycles. The highest BCUT2D eigenvalue weighted by molar-refractivity contribution is 7.89. The molecule has 3 atom stereocenters. The van der Waals surface area contributed by atoms with Gasteiger partial charge in [-0.15, -0.1) is 0 Å². The van der Waals surface area contributed by atoms with E-state index in [-0.39, 0.29) is 28.8 Å². The van der Waals surface area contributed by atoms with Crippen LogP contribution in [-0.2, 0) is 26.0 Å². The summed E-state index contributed by atoms with van der Waals surface area (Å²) >= 11 is 12.7. The fourth-order valence-electron chi connectivity index (χ4n) is 6.34. The number of likely N-dealkylation sites (tertiary alicyclic amines) is 1. The fourth-order valence-corrected chi connectivity index (χ4v) is 8.20. The lowest BCUT2D eigenvalue weighted by Crippen LogP contribution is -2.38. The third-order valence-corrected chi connectivity index (χ3v) is 11.1. The SMILES string of the molecule is CCCC(=O)CCCCCNC(=O)NCCOCCN1CC[C@H](NS(=O)(=O)c2ccc(O[C@H]3c4cc(Cl)cc(Cl)c4C[C@@H]3N(C)C)c(F)c2)C1. The summed E-state index contributed by atoms with van der Waals surface area (Å²) in [4.78, 5) is 27.4. The lowest BCUT2D eigenvalue weighted by atomic mass is 10.1. The van der Waals surface area contributed by atoms with Crippen LogP contribution in [0.2, 0.25) is 10.0 Å². The molecule has 2 aromatic rings. The van der Waals surface area contributed by atoms with E-state index in [1.807, 2.05) is 25.9 Å². The highest BCUT2D eigenvalue weighted by Gasteiger charge is 2.38. The minimum absolute atomic E-state index is 0.0595. The van der Waals surface area contributed by atoms with Crippen molar-refractivity contribution < 1.29 is 31.9 Å². The number of hydrogen-bond acceptors (Lipinski definition) is 8. The number of hydrogen-bond donors (Lipinski definition) is 3. The van der Waals surface area contributed by atoms with E-state index in [9.17, 15) is 18.0 Å². The van der Waals surface area contributed by atoms with Gasteiger partial charge in [-0.2, -0.15) is 0 Å². The van der Waals surface area contributed by atoms with Crippen molar-refractivity contribution in [2.45, 2.75) is 81.4 Å². The second kappa shape index (κ2) is 19.4. The molecule has 2 amide bonds. The number of halogens is 3. The number of ketones is 1. The lowest BCUT2D eigenvalue weighted by Gasteiger charge is -2.27. The zero-order chi connectivity index (χ0) is 36.3. The Morgan fingerprint density at radius 2 is 1.82 bits per heavy atom. The van der Waals surface area contributed by atoms with Crippen molar-refractivity contribution in [3.8, 4) is 5.75 Å². The summed E-state index contributed by atoms with van der Waals surface area (Å²) in [5, 5.41) is 6.55. The van der Waals surface area contributed by atoms with Crippen LogP contribution in [0.4, 0.5) is 9.18 Å². The number of benzene rings is 2. The molecule has 0 aromatic heterocycles. The maximum Gasteiger partial charge on any atom is 0.314 e. The third-order valence-electron chi connectivity index (χ3n) is 9.02. The maximum atomic E-state index is 15.3. The molecule has 278 valence electrons. The highest BCUT2D eigenvalue weighted by Crippen LogP contribution is 2.42. The molecule has 11 nitrogen and oxygen atoms in total. The van der Waals surface area contributed by atoms with Crippen LogP contribution in [0.3, 0.4) is 0 Å². The Morgan fingerprint density at radius 1 is 1.04 bits per heavy atom. The Balaban J connectivity index is 1.15. The van der Waals surface area contributed by atoms with Crippen molar-refractivity contribution in [1.82, 2.24) is 25.2 Å². The van der Waals surface area contributed by atoms with Gasteiger partial charge < -0.3 is 25.0 Å². The molecular formula is C35H50Cl2FN5O6S. The Labute approximate surface area is 305 Å². The number of nitrogens with zero attached hydrogens (tertiary/aromatic N) is 2. The average molecular weight is 759 g/mol. The third kappa shape index (κ3) is 11.8. The number of unbranched alkanes of at least 4 members (excludes halogenated alkanes) is 2. The van der Waals surface area contributed by atoms with Crippen LogP contribution in [0.5, 0.6) is 5.75 Å². The molecule has 0 unspecified atom stereocenters. The first-order valence-electron chi connectivity index (χ1n) is 17.3. The largest absolute Gasteiger partial charge is 0.481 e. The highest BCUT2D eigenvalue weighted by atomic mass is 35.5. The second-order valence-corrected chi connectivity index (χ2v) is 15.7. The van der Waals surface area contributed by atoms with E-state index in [0.717, 1.165) is 42.9 Å². The molecule has 2 aliphatic rings. The van der Waals surface area contributed by atoms with Crippen LogP contribution in [0.25, 0.3) is 0 Å². The van der Waals surface area contributed by atoms with Crippen molar-refractivity contribution in [3.63, 3.8) is 0 Å². The van der Waals surface area contributed by atoms with Crippen LogP contribution >= 0.6 is 23.2 Å². The molecule has 0 radical (unpaired) electrons. The second-order valence-electron chi connectivity index (χ2n) is 13.1. The van der Waals surface area contributed by atoms with E-state index in [2.05, 4.69) is 20.3 Å². The molecule has 3 N–H and O–H groups in total. The van der Waals surface area contributed by atoms with E-state index in [1.165, 1.54) is 12.1 Å². The molecule has 0 spiro atoms. The van der Waals surface area contributed by atoms with Crippen molar-refractivity contribution in [2.24, 2.45) is 0 Å². The van der Waals surface area contributed by atoms with Crippen LogP contribution in [-0.4, -0.2) is 102 Å². The standard InChI is InChI=1S/C35H50Cl2FN5O6S/c1-4-8-26(44)9-6-5-7-13-39-35(45)40-14-17-48-18-16-43-15-12-25(23-43)41-50(46,47)27-10-11-33(31(38)21-27)49-34-29-19-24(36)20-30(37)28(29)22-32(34)42(2)3/h10-11,19-21,25,32,34,41H,4-9,12-18,22-23H2,1-3H3,(H2,39,40,45)/t25-,32-,34-/m0/s1. The predicted octanol–water partition coefficient (Wildman–Crippen LogP) is 5.34. The van der Waals surface area contributed by atoms with Gasteiger partial charge in [0.15, 0.2) is 11.6 Å². The van der Waals surface area contributed by atoms with Crippen LogP contribution in [0, 0.1) is 5.82 Å².